The van der Waals surface area contributed by atoms with Crippen LogP contribution in [0.15, 0.2) is 11.6 Å². The van der Waals surface area contributed by atoms with Crippen LogP contribution >= 0.6 is 22.6 Å². The molecule has 1 nitrogen and oxygen atoms in total. The van der Waals surface area contributed by atoms with Crippen molar-refractivity contribution in [1.82, 2.24) is 0 Å². The molecule has 2 heteroatoms. The second-order valence-corrected chi connectivity index (χ2v) is 12.8. The molecule has 4 aliphatic carbocycles. The van der Waals surface area contributed by atoms with Gasteiger partial charge < -0.3 is 5.11 Å². The minimum atomic E-state index is -0.0784. The summed E-state index contributed by atoms with van der Waals surface area (Å²) >= 11 is 2.68. The fourth-order valence-corrected chi connectivity index (χ4v) is 10.1. The molecule has 3 saturated carbocycles. The zero-order valence-corrected chi connectivity index (χ0v) is 21.6. The van der Waals surface area contributed by atoms with E-state index >= 15 is 0 Å². The Hall–Kier alpha value is 0.430. The molecular formula is C27H45IO. The first-order chi connectivity index (χ1) is 13.8. The van der Waals surface area contributed by atoms with Gasteiger partial charge in [-0.3, -0.25) is 0 Å². The lowest BCUT2D eigenvalue weighted by molar-refractivity contribution is -0.0548. The summed E-state index contributed by atoms with van der Waals surface area (Å²) in [7, 11) is 0. The smallest absolute Gasteiger partial charge is 0.0577 e. The molecule has 1 N–H and O–H groups in total. The van der Waals surface area contributed by atoms with Crippen molar-refractivity contribution in [2.75, 3.05) is 4.43 Å². The van der Waals surface area contributed by atoms with Crippen molar-refractivity contribution in [1.29, 1.82) is 0 Å². The van der Waals surface area contributed by atoms with Crippen LogP contribution in [0.4, 0.5) is 0 Å². The third-order valence-electron chi connectivity index (χ3n) is 10.2. The van der Waals surface area contributed by atoms with Gasteiger partial charge in [0.15, 0.2) is 0 Å². The van der Waals surface area contributed by atoms with E-state index < -0.39 is 0 Å². The van der Waals surface area contributed by atoms with E-state index in [0.29, 0.717) is 10.8 Å². The molecule has 0 radical (unpaired) electrons. The molecule has 0 spiro atoms. The molecule has 0 aromatic rings. The first-order valence-corrected chi connectivity index (χ1v) is 14.3. The monoisotopic (exact) mass is 512 g/mol. The number of fused-ring (bicyclic) bond motifs is 5. The van der Waals surface area contributed by atoms with Crippen molar-refractivity contribution in [3.63, 3.8) is 0 Å². The molecule has 0 unspecified atom stereocenters. The predicted octanol–water partition coefficient (Wildman–Crippen LogP) is 7.80. The van der Waals surface area contributed by atoms with Crippen LogP contribution in [-0.4, -0.2) is 15.6 Å². The molecule has 0 bridgehead atoms. The standard InChI is InChI=1S/C27H45IO/c1-18(2)6-5-7-19(3)23-10-11-24-22-9-8-20-16-21(29)12-15-27(20,17-28)25(22)13-14-26(23,24)4/h8,18-19,21-25,29H,5-7,9-17H2,1-4H3/t19-,21-,22-,23+,24-,25-,26+,27+/m0/s1. The van der Waals surface area contributed by atoms with Gasteiger partial charge >= 0.3 is 0 Å². The number of allylic oxidation sites excluding steroid dienone is 1. The van der Waals surface area contributed by atoms with Gasteiger partial charge in [-0.25, -0.2) is 0 Å². The summed E-state index contributed by atoms with van der Waals surface area (Å²) in [5.74, 6) is 5.46. The topological polar surface area (TPSA) is 20.2 Å². The molecule has 29 heavy (non-hydrogen) atoms. The molecule has 8 atom stereocenters. The van der Waals surface area contributed by atoms with Crippen LogP contribution in [0.3, 0.4) is 0 Å². The summed E-state index contributed by atoms with van der Waals surface area (Å²) in [5.41, 5.74) is 2.65. The highest BCUT2D eigenvalue weighted by atomic mass is 127. The molecule has 4 aliphatic rings. The number of aliphatic hydroxyl groups excluding tert-OH is 1. The van der Waals surface area contributed by atoms with Crippen molar-refractivity contribution in [2.24, 2.45) is 46.3 Å². The zero-order valence-electron chi connectivity index (χ0n) is 19.4. The number of hydrogen-bond acceptors (Lipinski definition) is 1. The lowest BCUT2D eigenvalue weighted by Crippen LogP contribution is -2.52. The third-order valence-corrected chi connectivity index (χ3v) is 11.6. The van der Waals surface area contributed by atoms with E-state index in [1.807, 2.05) is 0 Å². The van der Waals surface area contributed by atoms with Gasteiger partial charge in [-0.15, -0.1) is 0 Å². The Kier molecular flexibility index (Phi) is 6.83. The summed E-state index contributed by atoms with van der Waals surface area (Å²) in [4.78, 5) is 0. The molecular weight excluding hydrogens is 467 g/mol. The maximum atomic E-state index is 10.3. The van der Waals surface area contributed by atoms with E-state index in [4.69, 9.17) is 0 Å². The van der Waals surface area contributed by atoms with Crippen molar-refractivity contribution < 1.29 is 5.11 Å². The van der Waals surface area contributed by atoms with Crippen molar-refractivity contribution in [3.05, 3.63) is 11.6 Å². The van der Waals surface area contributed by atoms with Crippen LogP contribution < -0.4 is 0 Å². The fourth-order valence-electron chi connectivity index (χ4n) is 8.71. The van der Waals surface area contributed by atoms with Gasteiger partial charge in [-0.05, 0) is 92.3 Å². The van der Waals surface area contributed by atoms with E-state index in [1.54, 1.807) is 5.57 Å². The normalized spacial score (nSPS) is 45.3. The highest BCUT2D eigenvalue weighted by Crippen LogP contribution is 2.67. The number of alkyl halides is 1. The number of hydrogen-bond donors (Lipinski definition) is 1. The van der Waals surface area contributed by atoms with Crippen LogP contribution in [0.2, 0.25) is 0 Å². The summed E-state index contributed by atoms with van der Waals surface area (Å²) < 4.78 is 1.27. The molecule has 0 amide bonds. The maximum Gasteiger partial charge on any atom is 0.0577 e. The van der Waals surface area contributed by atoms with Gasteiger partial charge in [0.2, 0.25) is 0 Å². The van der Waals surface area contributed by atoms with Crippen molar-refractivity contribution in [2.45, 2.75) is 104 Å². The second kappa shape index (κ2) is 8.75. The van der Waals surface area contributed by atoms with Crippen molar-refractivity contribution >= 4 is 22.6 Å². The summed E-state index contributed by atoms with van der Waals surface area (Å²) in [6.45, 7) is 10.0. The Morgan fingerprint density at radius 3 is 2.59 bits per heavy atom. The lowest BCUT2D eigenvalue weighted by atomic mass is 9.47. The Morgan fingerprint density at radius 2 is 1.86 bits per heavy atom. The Balaban J connectivity index is 1.51. The van der Waals surface area contributed by atoms with Crippen LogP contribution in [-0.2, 0) is 0 Å². The van der Waals surface area contributed by atoms with Gasteiger partial charge in [0.25, 0.3) is 0 Å². The number of halogens is 1. The first-order valence-electron chi connectivity index (χ1n) is 12.8. The predicted molar refractivity (Wildman–Crippen MR) is 132 cm³/mol. The van der Waals surface area contributed by atoms with E-state index in [2.05, 4.69) is 56.4 Å². The van der Waals surface area contributed by atoms with Gasteiger partial charge in [0.1, 0.15) is 0 Å². The van der Waals surface area contributed by atoms with E-state index in [1.165, 1.54) is 62.2 Å². The number of aliphatic hydroxyl groups is 1. The molecule has 0 aliphatic heterocycles. The van der Waals surface area contributed by atoms with Crippen LogP contribution in [0.5, 0.6) is 0 Å². The highest BCUT2D eigenvalue weighted by molar-refractivity contribution is 14.1. The van der Waals surface area contributed by atoms with E-state index in [0.717, 1.165) is 48.3 Å². The molecule has 4 rings (SSSR count). The Labute approximate surface area is 194 Å². The largest absolute Gasteiger partial charge is 0.393 e. The summed E-state index contributed by atoms with van der Waals surface area (Å²) in [6.07, 6.45) is 17.2. The van der Waals surface area contributed by atoms with Gasteiger partial charge in [0.05, 0.1) is 6.10 Å². The molecule has 166 valence electrons. The first kappa shape index (κ1) is 22.6. The third kappa shape index (κ3) is 3.89. The minimum absolute atomic E-state index is 0.0784. The zero-order chi connectivity index (χ0) is 20.8. The van der Waals surface area contributed by atoms with Crippen molar-refractivity contribution in [3.8, 4) is 0 Å². The van der Waals surface area contributed by atoms with E-state index in [9.17, 15) is 5.11 Å². The van der Waals surface area contributed by atoms with Gasteiger partial charge in [-0.1, -0.05) is 81.2 Å². The summed E-state index contributed by atoms with van der Waals surface area (Å²) in [6, 6.07) is 0. The number of rotatable bonds is 6. The lowest BCUT2D eigenvalue weighted by Gasteiger charge is -2.59. The summed E-state index contributed by atoms with van der Waals surface area (Å²) in [5, 5.41) is 10.3. The molecule has 0 aromatic heterocycles. The van der Waals surface area contributed by atoms with Crippen LogP contribution in [0, 0.1) is 46.3 Å². The fraction of sp³-hybridized carbons (Fsp3) is 0.926. The minimum Gasteiger partial charge on any atom is -0.393 e. The Bertz CT molecular complexity index is 612. The van der Waals surface area contributed by atoms with Crippen LogP contribution in [0.1, 0.15) is 98.3 Å². The highest BCUT2D eigenvalue weighted by Gasteiger charge is 2.59. The average Bonchev–Trinajstić information content (AvgIpc) is 3.04. The van der Waals surface area contributed by atoms with Gasteiger partial charge in [0, 0.05) is 9.84 Å². The molecule has 0 aromatic carbocycles. The molecule has 0 heterocycles. The Morgan fingerprint density at radius 1 is 1.07 bits per heavy atom. The van der Waals surface area contributed by atoms with Gasteiger partial charge in [-0.2, -0.15) is 0 Å². The van der Waals surface area contributed by atoms with Crippen LogP contribution in [0.25, 0.3) is 0 Å². The second-order valence-electron chi connectivity index (χ2n) is 12.1. The molecule has 0 saturated heterocycles. The quantitative estimate of drug-likeness (QED) is 0.219. The molecule has 3 fully saturated rings. The SMILES string of the molecule is CC(C)CCC[C@H](C)[C@H]1CC[C@H]2[C@@H]3CC=C4C[C@@H](O)CC[C@]4(CI)[C@H]3CC[C@]12C. The maximum absolute atomic E-state index is 10.3. The average molecular weight is 513 g/mol. The van der Waals surface area contributed by atoms with E-state index in [-0.39, 0.29) is 6.10 Å².